The van der Waals surface area contributed by atoms with Crippen LogP contribution in [0.4, 0.5) is 4.39 Å². The Hall–Kier alpha value is -1.05. The van der Waals surface area contributed by atoms with Gasteiger partial charge in [-0.1, -0.05) is 6.92 Å². The summed E-state index contributed by atoms with van der Waals surface area (Å²) in [6.45, 7) is 2.18. The van der Waals surface area contributed by atoms with E-state index in [0.717, 1.165) is 18.4 Å². The average Bonchev–Trinajstić information content (AvgIpc) is 2.42. The molecule has 0 saturated carbocycles. The van der Waals surface area contributed by atoms with Gasteiger partial charge in [0.25, 0.3) is 0 Å². The van der Waals surface area contributed by atoms with Gasteiger partial charge in [0, 0.05) is 0 Å². The number of fused-ring (bicyclic) bond motifs is 1. The lowest BCUT2D eigenvalue weighted by atomic mass is 10.1. The van der Waals surface area contributed by atoms with Crippen LogP contribution < -0.4 is 4.74 Å². The summed E-state index contributed by atoms with van der Waals surface area (Å²) >= 11 is 0. The topological polar surface area (TPSA) is 9.23 Å². The van der Waals surface area contributed by atoms with Crippen LogP contribution in [0.25, 0.3) is 0 Å². The Labute approximate surface area is 77.5 Å². The lowest BCUT2D eigenvalue weighted by Gasteiger charge is -2.04. The molecule has 0 radical (unpaired) electrons. The zero-order valence-corrected chi connectivity index (χ0v) is 7.93. The molecule has 13 heavy (non-hydrogen) atoms. The smallest absolute Gasteiger partial charge is 0.165 e. The molecule has 0 saturated heterocycles. The van der Waals surface area contributed by atoms with Crippen molar-refractivity contribution in [1.29, 1.82) is 0 Å². The molecule has 1 nitrogen and oxygen atoms in total. The van der Waals surface area contributed by atoms with Crippen LogP contribution in [0.3, 0.4) is 0 Å². The Balaban J connectivity index is 2.44. The molecule has 0 aromatic heterocycles. The molecule has 0 spiro atoms. The number of ether oxygens (including phenoxy) is 1. The SMILES string of the molecule is COc1cc2c(cc1F)CC(C)C2. The Morgan fingerprint density at radius 3 is 2.54 bits per heavy atom. The van der Waals surface area contributed by atoms with E-state index in [0.29, 0.717) is 11.7 Å². The third kappa shape index (κ3) is 1.41. The molecule has 0 aliphatic heterocycles. The second-order valence-corrected chi connectivity index (χ2v) is 3.77. The molecule has 0 fully saturated rings. The second kappa shape index (κ2) is 3.02. The van der Waals surface area contributed by atoms with Crippen LogP contribution in [0.5, 0.6) is 5.75 Å². The van der Waals surface area contributed by atoms with Crippen LogP contribution in [-0.2, 0) is 12.8 Å². The van der Waals surface area contributed by atoms with Crippen LogP contribution >= 0.6 is 0 Å². The van der Waals surface area contributed by atoms with Crippen molar-refractivity contribution in [1.82, 2.24) is 0 Å². The normalized spacial score (nSPS) is 20.1. The fraction of sp³-hybridized carbons (Fsp3) is 0.455. The number of halogens is 1. The zero-order chi connectivity index (χ0) is 9.42. The van der Waals surface area contributed by atoms with Crippen molar-refractivity contribution in [3.63, 3.8) is 0 Å². The van der Waals surface area contributed by atoms with Crippen LogP contribution in [0.1, 0.15) is 18.1 Å². The van der Waals surface area contributed by atoms with Gasteiger partial charge in [-0.05, 0) is 42.0 Å². The highest BCUT2D eigenvalue weighted by molar-refractivity contribution is 5.40. The molecule has 1 aromatic carbocycles. The van der Waals surface area contributed by atoms with Crippen molar-refractivity contribution in [3.05, 3.63) is 29.1 Å². The van der Waals surface area contributed by atoms with Gasteiger partial charge in [0.05, 0.1) is 7.11 Å². The molecule has 2 heteroatoms. The Morgan fingerprint density at radius 1 is 1.31 bits per heavy atom. The molecule has 1 aromatic rings. The third-order valence-corrected chi connectivity index (χ3v) is 2.61. The van der Waals surface area contributed by atoms with Gasteiger partial charge in [0.2, 0.25) is 0 Å². The fourth-order valence-electron chi connectivity index (χ4n) is 2.00. The molecule has 1 atom stereocenters. The van der Waals surface area contributed by atoms with Crippen LogP contribution in [0.2, 0.25) is 0 Å². The average molecular weight is 180 g/mol. The maximum atomic E-state index is 13.2. The van der Waals surface area contributed by atoms with E-state index in [4.69, 9.17) is 4.74 Å². The van der Waals surface area contributed by atoms with Gasteiger partial charge < -0.3 is 4.74 Å². The van der Waals surface area contributed by atoms with E-state index in [1.54, 1.807) is 6.07 Å². The summed E-state index contributed by atoms with van der Waals surface area (Å²) in [6.07, 6.45) is 2.04. The lowest BCUT2D eigenvalue weighted by Crippen LogP contribution is -1.91. The van der Waals surface area contributed by atoms with E-state index in [1.165, 1.54) is 12.7 Å². The Morgan fingerprint density at radius 2 is 1.92 bits per heavy atom. The van der Waals surface area contributed by atoms with Crippen LogP contribution in [0, 0.1) is 11.7 Å². The summed E-state index contributed by atoms with van der Waals surface area (Å²) in [5.74, 6) is 0.768. The van der Waals surface area contributed by atoms with Crippen LogP contribution in [0.15, 0.2) is 12.1 Å². The predicted molar refractivity (Wildman–Crippen MR) is 49.5 cm³/mol. The number of hydrogen-bond acceptors (Lipinski definition) is 1. The van der Waals surface area contributed by atoms with Crippen molar-refractivity contribution in [2.75, 3.05) is 7.11 Å². The van der Waals surface area contributed by atoms with E-state index in [1.807, 2.05) is 6.07 Å². The molecule has 0 N–H and O–H groups in total. The van der Waals surface area contributed by atoms with Crippen LogP contribution in [-0.4, -0.2) is 7.11 Å². The maximum Gasteiger partial charge on any atom is 0.165 e. The van der Waals surface area contributed by atoms with Gasteiger partial charge in [-0.2, -0.15) is 0 Å². The maximum absolute atomic E-state index is 13.2. The van der Waals surface area contributed by atoms with E-state index in [9.17, 15) is 4.39 Å². The Kier molecular flexibility index (Phi) is 1.98. The van der Waals surface area contributed by atoms with Crippen molar-refractivity contribution in [2.24, 2.45) is 5.92 Å². The van der Waals surface area contributed by atoms with E-state index in [-0.39, 0.29) is 5.82 Å². The predicted octanol–water partition coefficient (Wildman–Crippen LogP) is 2.57. The minimum atomic E-state index is -0.240. The highest BCUT2D eigenvalue weighted by Gasteiger charge is 2.20. The molecule has 0 heterocycles. The highest BCUT2D eigenvalue weighted by atomic mass is 19.1. The molecule has 1 aliphatic carbocycles. The van der Waals surface area contributed by atoms with Gasteiger partial charge in [-0.25, -0.2) is 4.39 Å². The summed E-state index contributed by atoms with van der Waals surface area (Å²) in [5.41, 5.74) is 2.39. The minimum absolute atomic E-state index is 0.240. The van der Waals surface area contributed by atoms with E-state index < -0.39 is 0 Å². The molecule has 2 rings (SSSR count). The summed E-state index contributed by atoms with van der Waals surface area (Å²) in [5, 5.41) is 0. The molecule has 0 amide bonds. The molecule has 70 valence electrons. The molecular weight excluding hydrogens is 167 g/mol. The number of methoxy groups -OCH3 is 1. The highest BCUT2D eigenvalue weighted by Crippen LogP contribution is 2.31. The lowest BCUT2D eigenvalue weighted by molar-refractivity contribution is 0.386. The first-order valence-corrected chi connectivity index (χ1v) is 4.56. The number of hydrogen-bond donors (Lipinski definition) is 0. The zero-order valence-electron chi connectivity index (χ0n) is 7.93. The first kappa shape index (κ1) is 8.54. The van der Waals surface area contributed by atoms with Crippen molar-refractivity contribution >= 4 is 0 Å². The van der Waals surface area contributed by atoms with Gasteiger partial charge in [-0.15, -0.1) is 0 Å². The standard InChI is InChI=1S/C11H13FO/c1-7-3-8-5-10(12)11(13-2)6-9(8)4-7/h5-7H,3-4H2,1-2H3. The monoisotopic (exact) mass is 180 g/mol. The summed E-state index contributed by atoms with van der Waals surface area (Å²) in [4.78, 5) is 0. The minimum Gasteiger partial charge on any atom is -0.494 e. The molecule has 0 bridgehead atoms. The summed E-state index contributed by atoms with van der Waals surface area (Å²) < 4.78 is 18.2. The van der Waals surface area contributed by atoms with Crippen molar-refractivity contribution in [3.8, 4) is 5.75 Å². The quantitative estimate of drug-likeness (QED) is 0.645. The third-order valence-electron chi connectivity index (χ3n) is 2.61. The van der Waals surface area contributed by atoms with Crippen molar-refractivity contribution in [2.45, 2.75) is 19.8 Å². The van der Waals surface area contributed by atoms with Gasteiger partial charge >= 0.3 is 0 Å². The van der Waals surface area contributed by atoms with Gasteiger partial charge in [-0.3, -0.25) is 0 Å². The number of benzene rings is 1. The first-order valence-electron chi connectivity index (χ1n) is 4.56. The fourth-order valence-corrected chi connectivity index (χ4v) is 2.00. The molecule has 1 aliphatic rings. The summed E-state index contributed by atoms with van der Waals surface area (Å²) in [7, 11) is 1.50. The van der Waals surface area contributed by atoms with E-state index >= 15 is 0 Å². The number of rotatable bonds is 1. The van der Waals surface area contributed by atoms with Crippen molar-refractivity contribution < 1.29 is 9.13 Å². The van der Waals surface area contributed by atoms with E-state index in [2.05, 4.69) is 6.92 Å². The molecule has 1 unspecified atom stereocenters. The molecular formula is C11H13FO. The first-order chi connectivity index (χ1) is 6.20. The largest absolute Gasteiger partial charge is 0.494 e. The summed E-state index contributed by atoms with van der Waals surface area (Å²) in [6, 6.07) is 3.44. The van der Waals surface area contributed by atoms with Gasteiger partial charge in [0.1, 0.15) is 0 Å². The second-order valence-electron chi connectivity index (χ2n) is 3.77. The van der Waals surface area contributed by atoms with Gasteiger partial charge in [0.15, 0.2) is 11.6 Å². The Bertz CT molecular complexity index is 333.